The van der Waals surface area contributed by atoms with Gasteiger partial charge in [0.15, 0.2) is 11.0 Å². The van der Waals surface area contributed by atoms with Crippen LogP contribution >= 0.6 is 23.1 Å². The SMILES string of the molecule is C=CCn1c(SCC(=O)Nc2scc(-c3ccccc3)c2C(=O)OCC)nnc1-c1ccc(OC2CCCC2)cc1. The third-order valence-corrected chi connectivity index (χ3v) is 8.55. The number of nitrogens with zero attached hydrogens (tertiary/aromatic N) is 3. The monoisotopic (exact) mass is 588 g/mol. The second kappa shape index (κ2) is 13.6. The highest BCUT2D eigenvalue weighted by Crippen LogP contribution is 2.36. The summed E-state index contributed by atoms with van der Waals surface area (Å²) in [5.74, 6) is 0.906. The van der Waals surface area contributed by atoms with Crippen LogP contribution in [0.15, 0.2) is 77.8 Å². The first-order valence-corrected chi connectivity index (χ1v) is 15.5. The summed E-state index contributed by atoms with van der Waals surface area (Å²) in [6.45, 7) is 6.36. The van der Waals surface area contributed by atoms with Crippen molar-refractivity contribution >= 4 is 40.0 Å². The predicted molar refractivity (Wildman–Crippen MR) is 164 cm³/mol. The molecule has 4 aromatic rings. The molecule has 0 saturated heterocycles. The molecule has 0 bridgehead atoms. The zero-order valence-electron chi connectivity index (χ0n) is 22.9. The first-order chi connectivity index (χ1) is 20.1. The number of hydrogen-bond donors (Lipinski definition) is 1. The van der Waals surface area contributed by atoms with Gasteiger partial charge in [-0.25, -0.2) is 4.79 Å². The van der Waals surface area contributed by atoms with Crippen molar-refractivity contribution < 1.29 is 19.1 Å². The fourth-order valence-electron chi connectivity index (χ4n) is 4.76. The van der Waals surface area contributed by atoms with E-state index in [4.69, 9.17) is 9.47 Å². The van der Waals surface area contributed by atoms with Crippen LogP contribution in [0.4, 0.5) is 5.00 Å². The first kappa shape index (κ1) is 28.6. The molecule has 1 amide bonds. The molecule has 1 aliphatic carbocycles. The number of ether oxygens (including phenoxy) is 2. The maximum absolute atomic E-state index is 13.0. The Morgan fingerprint density at radius 3 is 2.56 bits per heavy atom. The molecule has 1 aliphatic rings. The number of carbonyl (C=O) groups excluding carboxylic acids is 2. The van der Waals surface area contributed by atoms with Crippen LogP contribution in [0.1, 0.15) is 43.0 Å². The molecular formula is C31H32N4O4S2. The zero-order valence-corrected chi connectivity index (χ0v) is 24.5. The van der Waals surface area contributed by atoms with Gasteiger partial charge in [0.05, 0.1) is 18.5 Å². The largest absolute Gasteiger partial charge is 0.490 e. The maximum atomic E-state index is 13.0. The van der Waals surface area contributed by atoms with E-state index in [2.05, 4.69) is 22.1 Å². The van der Waals surface area contributed by atoms with E-state index in [-0.39, 0.29) is 18.3 Å². The van der Waals surface area contributed by atoms with Crippen molar-refractivity contribution in [1.82, 2.24) is 14.8 Å². The molecule has 8 nitrogen and oxygen atoms in total. The molecule has 0 radical (unpaired) electrons. The third-order valence-electron chi connectivity index (χ3n) is 6.69. The summed E-state index contributed by atoms with van der Waals surface area (Å²) >= 11 is 2.58. The van der Waals surface area contributed by atoms with Crippen LogP contribution in [-0.2, 0) is 16.1 Å². The van der Waals surface area contributed by atoms with Crippen molar-refractivity contribution in [1.29, 1.82) is 0 Å². The van der Waals surface area contributed by atoms with Crippen molar-refractivity contribution in [2.24, 2.45) is 0 Å². The molecule has 5 rings (SSSR count). The van der Waals surface area contributed by atoms with E-state index in [0.29, 0.717) is 34.2 Å². The van der Waals surface area contributed by atoms with E-state index >= 15 is 0 Å². The summed E-state index contributed by atoms with van der Waals surface area (Å²) in [5.41, 5.74) is 2.87. The Morgan fingerprint density at radius 1 is 1.10 bits per heavy atom. The van der Waals surface area contributed by atoms with E-state index in [9.17, 15) is 9.59 Å². The average molecular weight is 589 g/mol. The topological polar surface area (TPSA) is 95.3 Å². The van der Waals surface area contributed by atoms with Crippen LogP contribution < -0.4 is 10.1 Å². The summed E-state index contributed by atoms with van der Waals surface area (Å²) in [6, 6.07) is 17.5. The second-order valence-corrected chi connectivity index (χ2v) is 11.4. The van der Waals surface area contributed by atoms with Gasteiger partial charge >= 0.3 is 5.97 Å². The number of anilines is 1. The minimum Gasteiger partial charge on any atom is -0.490 e. The van der Waals surface area contributed by atoms with Gasteiger partial charge in [0.2, 0.25) is 5.91 Å². The summed E-state index contributed by atoms with van der Waals surface area (Å²) < 4.78 is 13.3. The van der Waals surface area contributed by atoms with E-state index in [0.717, 1.165) is 35.3 Å². The van der Waals surface area contributed by atoms with Gasteiger partial charge in [0, 0.05) is 23.1 Å². The van der Waals surface area contributed by atoms with Gasteiger partial charge in [0.25, 0.3) is 0 Å². The molecule has 41 heavy (non-hydrogen) atoms. The van der Waals surface area contributed by atoms with Crippen LogP contribution in [0.2, 0.25) is 0 Å². The van der Waals surface area contributed by atoms with Gasteiger partial charge in [-0.1, -0.05) is 48.2 Å². The van der Waals surface area contributed by atoms with E-state index < -0.39 is 5.97 Å². The minimum absolute atomic E-state index is 0.0876. The number of benzene rings is 2. The van der Waals surface area contributed by atoms with Gasteiger partial charge in [-0.15, -0.1) is 28.1 Å². The minimum atomic E-state index is -0.467. The number of carbonyl (C=O) groups is 2. The van der Waals surface area contributed by atoms with Gasteiger partial charge in [0.1, 0.15) is 16.3 Å². The predicted octanol–water partition coefficient (Wildman–Crippen LogP) is 7.09. The average Bonchev–Trinajstić information content (AvgIpc) is 3.74. The molecule has 0 spiro atoms. The highest BCUT2D eigenvalue weighted by Gasteiger charge is 2.23. The van der Waals surface area contributed by atoms with Crippen LogP contribution in [0, 0.1) is 0 Å². The van der Waals surface area contributed by atoms with Crippen LogP contribution in [0.3, 0.4) is 0 Å². The van der Waals surface area contributed by atoms with Crippen molar-refractivity contribution in [3.63, 3.8) is 0 Å². The summed E-state index contributed by atoms with van der Waals surface area (Å²) in [6.07, 6.45) is 6.73. The van der Waals surface area contributed by atoms with E-state index in [1.807, 2.05) is 64.5 Å². The highest BCUT2D eigenvalue weighted by atomic mass is 32.2. The van der Waals surface area contributed by atoms with Crippen molar-refractivity contribution in [2.75, 3.05) is 17.7 Å². The van der Waals surface area contributed by atoms with Crippen LogP contribution in [0.25, 0.3) is 22.5 Å². The number of hydrogen-bond acceptors (Lipinski definition) is 8. The molecule has 10 heteroatoms. The number of allylic oxidation sites excluding steroid dienone is 1. The maximum Gasteiger partial charge on any atom is 0.341 e. The molecule has 0 aliphatic heterocycles. The molecular weight excluding hydrogens is 556 g/mol. The number of nitrogens with one attached hydrogen (secondary N) is 1. The van der Waals surface area contributed by atoms with Crippen LogP contribution in [-0.4, -0.2) is 45.1 Å². The lowest BCUT2D eigenvalue weighted by Gasteiger charge is -2.13. The van der Waals surface area contributed by atoms with Gasteiger partial charge < -0.3 is 14.8 Å². The number of amides is 1. The third kappa shape index (κ3) is 6.89. The van der Waals surface area contributed by atoms with Crippen LogP contribution in [0.5, 0.6) is 5.75 Å². The van der Waals surface area contributed by atoms with Crippen molar-refractivity contribution in [2.45, 2.75) is 50.4 Å². The van der Waals surface area contributed by atoms with E-state index in [1.54, 1.807) is 13.0 Å². The Hall–Kier alpha value is -3.89. The molecule has 212 valence electrons. The normalized spacial score (nSPS) is 13.2. The first-order valence-electron chi connectivity index (χ1n) is 13.6. The summed E-state index contributed by atoms with van der Waals surface area (Å²) in [4.78, 5) is 25.9. The molecule has 2 heterocycles. The summed E-state index contributed by atoms with van der Waals surface area (Å²) in [5, 5.41) is 14.6. The molecule has 0 atom stereocenters. The molecule has 1 fully saturated rings. The van der Waals surface area contributed by atoms with Crippen molar-refractivity contribution in [3.05, 3.63) is 78.2 Å². The number of thiophene rings is 1. The number of rotatable bonds is 12. The fraction of sp³-hybridized carbons (Fsp3) is 0.290. The Bertz CT molecular complexity index is 1490. The second-order valence-electron chi connectivity index (χ2n) is 9.53. The molecule has 2 aromatic carbocycles. The Balaban J connectivity index is 1.28. The lowest BCUT2D eigenvalue weighted by molar-refractivity contribution is -0.113. The number of thioether (sulfide) groups is 1. The molecule has 2 aromatic heterocycles. The lowest BCUT2D eigenvalue weighted by Crippen LogP contribution is -2.17. The highest BCUT2D eigenvalue weighted by molar-refractivity contribution is 7.99. The lowest BCUT2D eigenvalue weighted by atomic mass is 10.0. The van der Waals surface area contributed by atoms with Gasteiger partial charge in [-0.2, -0.15) is 0 Å². The summed E-state index contributed by atoms with van der Waals surface area (Å²) in [7, 11) is 0. The Kier molecular flexibility index (Phi) is 9.53. The quantitative estimate of drug-likeness (QED) is 0.107. The Labute approximate surface area is 247 Å². The molecule has 1 N–H and O–H groups in total. The number of aromatic nitrogens is 3. The van der Waals surface area contributed by atoms with Gasteiger partial charge in [-0.3, -0.25) is 9.36 Å². The fourth-order valence-corrected chi connectivity index (χ4v) is 6.48. The van der Waals surface area contributed by atoms with Gasteiger partial charge in [-0.05, 0) is 62.4 Å². The number of esters is 1. The smallest absolute Gasteiger partial charge is 0.341 e. The molecule has 1 saturated carbocycles. The Morgan fingerprint density at radius 2 is 1.85 bits per heavy atom. The van der Waals surface area contributed by atoms with E-state index in [1.165, 1.54) is 35.9 Å². The standard InChI is InChI=1S/C31H32N4O4S2/c1-3-18-35-28(22-14-16-24(17-15-22)39-23-12-8-9-13-23)33-34-31(35)41-20-26(36)32-29-27(30(37)38-4-2)25(19-40-29)21-10-6-5-7-11-21/h3,5-7,10-11,14-17,19,23H,1,4,8-9,12-13,18,20H2,2H3,(H,32,36). The zero-order chi connectivity index (χ0) is 28.6. The molecule has 0 unspecified atom stereocenters. The van der Waals surface area contributed by atoms with Crippen molar-refractivity contribution in [3.8, 4) is 28.3 Å².